The lowest BCUT2D eigenvalue weighted by Crippen LogP contribution is -2.41. The van der Waals surface area contributed by atoms with Gasteiger partial charge in [0.05, 0.1) is 23.8 Å². The highest BCUT2D eigenvalue weighted by Gasteiger charge is 2.24. The van der Waals surface area contributed by atoms with E-state index in [9.17, 15) is 9.59 Å². The summed E-state index contributed by atoms with van der Waals surface area (Å²) in [6.45, 7) is 3.73. The van der Waals surface area contributed by atoms with Crippen LogP contribution < -0.4 is 5.56 Å². The topological polar surface area (TPSA) is 85.9 Å². The fourth-order valence-electron chi connectivity index (χ4n) is 3.21. The zero-order chi connectivity index (χ0) is 17.4. The van der Waals surface area contributed by atoms with Gasteiger partial charge in [-0.25, -0.2) is 4.98 Å². The molecule has 3 aromatic rings. The van der Waals surface area contributed by atoms with Gasteiger partial charge in [0.15, 0.2) is 5.82 Å². The van der Waals surface area contributed by atoms with Gasteiger partial charge in [-0.15, -0.1) is 10.2 Å². The summed E-state index contributed by atoms with van der Waals surface area (Å²) in [5.74, 6) is 1.63. The van der Waals surface area contributed by atoms with Crippen LogP contribution in [0.15, 0.2) is 35.3 Å². The van der Waals surface area contributed by atoms with Crippen molar-refractivity contribution >= 4 is 16.9 Å². The molecule has 4 rings (SSSR count). The average molecular weight is 338 g/mol. The smallest absolute Gasteiger partial charge is 0.269 e. The third-order valence-corrected chi connectivity index (χ3v) is 4.54. The molecule has 2 aromatic heterocycles. The lowest BCUT2D eigenvalue weighted by molar-refractivity contribution is -0.133. The van der Waals surface area contributed by atoms with Crippen LogP contribution in [-0.2, 0) is 30.8 Å². The highest BCUT2D eigenvalue weighted by Crippen LogP contribution is 2.14. The minimum Gasteiger partial charge on any atom is -0.332 e. The second-order valence-corrected chi connectivity index (χ2v) is 6.02. The second kappa shape index (κ2) is 6.12. The van der Waals surface area contributed by atoms with Crippen molar-refractivity contribution < 1.29 is 4.79 Å². The van der Waals surface area contributed by atoms with Crippen molar-refractivity contribution in [2.24, 2.45) is 0 Å². The Morgan fingerprint density at radius 1 is 1.20 bits per heavy atom. The first-order chi connectivity index (χ1) is 12.2. The lowest BCUT2D eigenvalue weighted by atomic mass is 10.3. The number of carbonyl (C=O) groups is 1. The first-order valence-electron chi connectivity index (χ1n) is 8.30. The molecule has 1 amide bonds. The maximum Gasteiger partial charge on any atom is 0.269 e. The number of carbonyl (C=O) groups excluding carboxylic acids is 1. The molecule has 0 saturated carbocycles. The number of para-hydroxylation sites is 2. The van der Waals surface area contributed by atoms with Crippen molar-refractivity contribution in [3.05, 3.63) is 52.5 Å². The molecule has 0 radical (unpaired) electrons. The van der Waals surface area contributed by atoms with Crippen LogP contribution in [0.1, 0.15) is 18.6 Å². The van der Waals surface area contributed by atoms with E-state index in [1.54, 1.807) is 11.0 Å². The zero-order valence-electron chi connectivity index (χ0n) is 13.9. The van der Waals surface area contributed by atoms with Gasteiger partial charge in [-0.05, 0) is 12.1 Å². The van der Waals surface area contributed by atoms with E-state index in [1.165, 1.54) is 10.8 Å². The minimum absolute atomic E-state index is 0.00333. The molecule has 25 heavy (non-hydrogen) atoms. The van der Waals surface area contributed by atoms with Crippen molar-refractivity contribution in [2.75, 3.05) is 6.54 Å². The number of benzene rings is 1. The summed E-state index contributed by atoms with van der Waals surface area (Å²) in [6, 6.07) is 7.32. The van der Waals surface area contributed by atoms with E-state index < -0.39 is 0 Å². The van der Waals surface area contributed by atoms with Crippen LogP contribution in [0.2, 0.25) is 0 Å². The summed E-state index contributed by atoms with van der Waals surface area (Å²) < 4.78 is 3.54. The molecular weight excluding hydrogens is 320 g/mol. The quantitative estimate of drug-likeness (QED) is 0.698. The number of aryl methyl sites for hydroxylation is 1. The molecule has 0 spiro atoms. The van der Waals surface area contributed by atoms with E-state index in [2.05, 4.69) is 19.7 Å². The van der Waals surface area contributed by atoms with Crippen molar-refractivity contribution in [3.63, 3.8) is 0 Å². The zero-order valence-corrected chi connectivity index (χ0v) is 13.9. The fraction of sp³-hybridized carbons (Fsp3) is 0.353. The number of rotatable bonds is 3. The van der Waals surface area contributed by atoms with Gasteiger partial charge in [0.25, 0.3) is 5.56 Å². The van der Waals surface area contributed by atoms with Gasteiger partial charge in [-0.3, -0.25) is 14.2 Å². The molecule has 0 saturated heterocycles. The highest BCUT2D eigenvalue weighted by molar-refractivity contribution is 5.80. The summed E-state index contributed by atoms with van der Waals surface area (Å²) in [7, 11) is 0. The third kappa shape index (κ3) is 2.69. The molecule has 0 fully saturated rings. The van der Waals surface area contributed by atoms with Crippen LogP contribution in [0.4, 0.5) is 0 Å². The van der Waals surface area contributed by atoms with Crippen molar-refractivity contribution in [3.8, 4) is 0 Å². The van der Waals surface area contributed by atoms with E-state index in [0.29, 0.717) is 30.7 Å². The number of aromatic nitrogens is 5. The molecule has 1 aliphatic heterocycles. The molecule has 0 unspecified atom stereocenters. The summed E-state index contributed by atoms with van der Waals surface area (Å²) >= 11 is 0. The Labute approximate surface area is 143 Å². The largest absolute Gasteiger partial charge is 0.332 e. The highest BCUT2D eigenvalue weighted by atomic mass is 16.2. The standard InChI is InChI=1S/C17H18N6O2/c1-2-14-19-20-15-10-21(7-8-22(14)15)17(25)11-23-13-6-4-3-5-12(13)18-9-16(23)24/h3-6,9H,2,7-8,10-11H2,1H3. The Bertz CT molecular complexity index is 1010. The van der Waals surface area contributed by atoms with Crippen LogP contribution >= 0.6 is 0 Å². The van der Waals surface area contributed by atoms with Gasteiger partial charge >= 0.3 is 0 Å². The number of fused-ring (bicyclic) bond motifs is 2. The predicted octanol–water partition coefficient (Wildman–Crippen LogP) is 0.593. The molecule has 0 atom stereocenters. The maximum atomic E-state index is 12.7. The van der Waals surface area contributed by atoms with E-state index >= 15 is 0 Å². The van der Waals surface area contributed by atoms with Crippen molar-refractivity contribution in [1.29, 1.82) is 0 Å². The Hall–Kier alpha value is -3.03. The van der Waals surface area contributed by atoms with E-state index in [4.69, 9.17) is 0 Å². The van der Waals surface area contributed by atoms with Gasteiger partial charge < -0.3 is 9.47 Å². The molecular formula is C17H18N6O2. The van der Waals surface area contributed by atoms with E-state index in [0.717, 1.165) is 18.1 Å². The molecule has 3 heterocycles. The number of hydrogen-bond acceptors (Lipinski definition) is 5. The van der Waals surface area contributed by atoms with Gasteiger partial charge in [-0.1, -0.05) is 19.1 Å². The maximum absolute atomic E-state index is 12.7. The molecule has 8 heteroatoms. The number of nitrogens with zero attached hydrogens (tertiary/aromatic N) is 6. The second-order valence-electron chi connectivity index (χ2n) is 6.02. The molecule has 8 nitrogen and oxygen atoms in total. The van der Waals surface area contributed by atoms with Crippen molar-refractivity contribution in [2.45, 2.75) is 33.0 Å². The van der Waals surface area contributed by atoms with Crippen LogP contribution in [0, 0.1) is 0 Å². The lowest BCUT2D eigenvalue weighted by Gasteiger charge is -2.28. The average Bonchev–Trinajstić information content (AvgIpc) is 3.06. The van der Waals surface area contributed by atoms with Gasteiger partial charge in [0.1, 0.15) is 12.4 Å². The van der Waals surface area contributed by atoms with Crippen LogP contribution in [0.25, 0.3) is 11.0 Å². The Kier molecular flexibility index (Phi) is 3.79. The van der Waals surface area contributed by atoms with Gasteiger partial charge in [-0.2, -0.15) is 0 Å². The fourth-order valence-corrected chi connectivity index (χ4v) is 3.21. The van der Waals surface area contributed by atoms with E-state index in [1.807, 2.05) is 25.1 Å². The number of hydrogen-bond donors (Lipinski definition) is 0. The first-order valence-corrected chi connectivity index (χ1v) is 8.30. The Balaban J connectivity index is 1.59. The Morgan fingerprint density at radius 2 is 2.04 bits per heavy atom. The first kappa shape index (κ1) is 15.5. The van der Waals surface area contributed by atoms with Crippen LogP contribution in [0.5, 0.6) is 0 Å². The monoisotopic (exact) mass is 338 g/mol. The van der Waals surface area contributed by atoms with E-state index in [-0.39, 0.29) is 18.0 Å². The summed E-state index contributed by atoms with van der Waals surface area (Å²) in [5, 5.41) is 8.34. The van der Waals surface area contributed by atoms with Crippen molar-refractivity contribution in [1.82, 2.24) is 29.2 Å². The molecule has 1 aromatic carbocycles. The Morgan fingerprint density at radius 3 is 2.88 bits per heavy atom. The molecule has 128 valence electrons. The normalized spacial score (nSPS) is 13.9. The minimum atomic E-state index is -0.277. The summed E-state index contributed by atoms with van der Waals surface area (Å²) in [6.07, 6.45) is 2.08. The van der Waals surface area contributed by atoms with Gasteiger partial charge in [0, 0.05) is 19.5 Å². The molecule has 1 aliphatic rings. The van der Waals surface area contributed by atoms with Crippen LogP contribution in [-0.4, -0.2) is 41.7 Å². The number of amides is 1. The summed E-state index contributed by atoms with van der Waals surface area (Å²) in [5.41, 5.74) is 1.08. The predicted molar refractivity (Wildman–Crippen MR) is 90.8 cm³/mol. The SMILES string of the molecule is CCc1nnc2n1CCN(C(=O)Cn1c(=O)cnc3ccccc31)C2. The third-order valence-electron chi connectivity index (χ3n) is 4.54. The molecule has 0 N–H and O–H groups in total. The molecule has 0 aliphatic carbocycles. The molecule has 0 bridgehead atoms. The van der Waals surface area contributed by atoms with Crippen LogP contribution in [0.3, 0.4) is 0 Å². The van der Waals surface area contributed by atoms with Gasteiger partial charge in [0.2, 0.25) is 5.91 Å². The summed E-state index contributed by atoms with van der Waals surface area (Å²) in [4.78, 5) is 30.8.